The lowest BCUT2D eigenvalue weighted by Gasteiger charge is -2.42. The molecule has 0 aromatic rings. The predicted molar refractivity (Wildman–Crippen MR) is 89.3 cm³/mol. The summed E-state index contributed by atoms with van der Waals surface area (Å²) in [6.45, 7) is 6.89. The van der Waals surface area contributed by atoms with Crippen LogP contribution in [0.15, 0.2) is 0 Å². The average molecular weight is 325 g/mol. The quantitative estimate of drug-likeness (QED) is 0.760. The first-order valence-electron chi connectivity index (χ1n) is 9.03. The highest BCUT2D eigenvalue weighted by Gasteiger charge is 2.33. The van der Waals surface area contributed by atoms with Crippen LogP contribution < -0.4 is 5.32 Å². The topological polar surface area (TPSA) is 61.9 Å². The first-order chi connectivity index (χ1) is 11.1. The van der Waals surface area contributed by atoms with Gasteiger partial charge in [0.1, 0.15) is 0 Å². The van der Waals surface area contributed by atoms with Crippen LogP contribution in [0.5, 0.6) is 0 Å². The van der Waals surface area contributed by atoms with Gasteiger partial charge in [0.15, 0.2) is 0 Å². The molecule has 2 fully saturated rings. The van der Waals surface area contributed by atoms with Crippen molar-refractivity contribution >= 4 is 11.9 Å². The van der Waals surface area contributed by atoms with Crippen molar-refractivity contribution in [2.45, 2.75) is 64.5 Å². The van der Waals surface area contributed by atoms with Gasteiger partial charge in [0, 0.05) is 45.2 Å². The van der Waals surface area contributed by atoms with Gasteiger partial charge in [-0.1, -0.05) is 0 Å². The van der Waals surface area contributed by atoms with Crippen LogP contribution >= 0.6 is 0 Å². The molecule has 0 bridgehead atoms. The molecule has 1 saturated heterocycles. The lowest BCUT2D eigenvalue weighted by molar-refractivity contribution is -0.136. The highest BCUT2D eigenvalue weighted by molar-refractivity contribution is 5.75. The molecule has 0 unspecified atom stereocenters. The Morgan fingerprint density at radius 2 is 1.83 bits per heavy atom. The number of carbonyl (C=O) groups excluding carboxylic acids is 2. The summed E-state index contributed by atoms with van der Waals surface area (Å²) in [6, 6.07) is 0.714. The molecule has 0 radical (unpaired) electrons. The average Bonchev–Trinajstić information content (AvgIpc) is 2.72. The van der Waals surface area contributed by atoms with E-state index in [2.05, 4.69) is 10.2 Å². The molecule has 1 saturated carbocycles. The van der Waals surface area contributed by atoms with Crippen molar-refractivity contribution in [3.05, 3.63) is 0 Å². The second kappa shape index (κ2) is 9.11. The van der Waals surface area contributed by atoms with Crippen molar-refractivity contribution in [2.75, 3.05) is 32.8 Å². The first-order valence-corrected chi connectivity index (χ1v) is 9.03. The van der Waals surface area contributed by atoms with Gasteiger partial charge in [0.25, 0.3) is 0 Å². The highest BCUT2D eigenvalue weighted by Crippen LogP contribution is 2.30. The van der Waals surface area contributed by atoms with Crippen molar-refractivity contribution < 1.29 is 14.3 Å². The third-order valence-corrected chi connectivity index (χ3v) is 4.94. The minimum Gasteiger partial charge on any atom is -0.380 e. The molecule has 0 aromatic carbocycles. The number of nitrogens with zero attached hydrogens (tertiary/aromatic N) is 2. The van der Waals surface area contributed by atoms with Crippen molar-refractivity contribution in [3.63, 3.8) is 0 Å². The Hall–Kier alpha value is -1.30. The maximum absolute atomic E-state index is 12.2. The Morgan fingerprint density at radius 1 is 1.13 bits per heavy atom. The van der Waals surface area contributed by atoms with Gasteiger partial charge >= 0.3 is 6.03 Å². The molecule has 6 heteroatoms. The van der Waals surface area contributed by atoms with Crippen molar-refractivity contribution in [3.8, 4) is 0 Å². The van der Waals surface area contributed by atoms with Crippen LogP contribution in [0.1, 0.15) is 52.4 Å². The van der Waals surface area contributed by atoms with E-state index in [1.165, 1.54) is 6.42 Å². The number of hydrogen-bond acceptors (Lipinski definition) is 3. The Morgan fingerprint density at radius 3 is 2.43 bits per heavy atom. The highest BCUT2D eigenvalue weighted by atomic mass is 16.5. The Labute approximate surface area is 139 Å². The van der Waals surface area contributed by atoms with E-state index < -0.39 is 0 Å². The first kappa shape index (κ1) is 18.0. The molecule has 0 aromatic heterocycles. The molecule has 1 atom stereocenters. The summed E-state index contributed by atoms with van der Waals surface area (Å²) < 4.78 is 5.24. The van der Waals surface area contributed by atoms with E-state index >= 15 is 0 Å². The molecule has 23 heavy (non-hydrogen) atoms. The van der Waals surface area contributed by atoms with E-state index in [-0.39, 0.29) is 11.9 Å². The molecule has 132 valence electrons. The van der Waals surface area contributed by atoms with Gasteiger partial charge in [-0.2, -0.15) is 0 Å². The summed E-state index contributed by atoms with van der Waals surface area (Å²) in [5.41, 5.74) is 0. The second-order valence-electron chi connectivity index (χ2n) is 6.51. The smallest absolute Gasteiger partial charge is 0.317 e. The number of nitrogens with one attached hydrogen (secondary N) is 1. The van der Waals surface area contributed by atoms with Crippen LogP contribution in [0.2, 0.25) is 0 Å². The fraction of sp³-hybridized carbons (Fsp3) is 0.882. The Balaban J connectivity index is 1.81. The molecular formula is C17H31N3O3. The number of amides is 3. The number of ether oxygens (including phenoxy) is 1. The fourth-order valence-corrected chi connectivity index (χ4v) is 3.52. The molecule has 1 aliphatic carbocycles. The summed E-state index contributed by atoms with van der Waals surface area (Å²) in [6.07, 6.45) is 6.35. The minimum atomic E-state index is -0.0108. The number of rotatable bonds is 6. The summed E-state index contributed by atoms with van der Waals surface area (Å²) in [7, 11) is 0. The van der Waals surface area contributed by atoms with Gasteiger partial charge in [-0.25, -0.2) is 4.79 Å². The van der Waals surface area contributed by atoms with Crippen LogP contribution in [-0.2, 0) is 9.53 Å². The van der Waals surface area contributed by atoms with Crippen LogP contribution in [0, 0.1) is 0 Å². The van der Waals surface area contributed by atoms with Crippen LogP contribution in [0.4, 0.5) is 4.79 Å². The number of carbonyl (C=O) groups is 2. The van der Waals surface area contributed by atoms with E-state index in [0.29, 0.717) is 31.8 Å². The lowest BCUT2D eigenvalue weighted by atomic mass is 9.89. The number of hydrogen-bond donors (Lipinski definition) is 1. The summed E-state index contributed by atoms with van der Waals surface area (Å²) in [5, 5.41) is 2.91. The van der Waals surface area contributed by atoms with Crippen molar-refractivity contribution in [1.29, 1.82) is 0 Å². The zero-order valence-corrected chi connectivity index (χ0v) is 14.6. The molecule has 2 rings (SSSR count). The molecule has 1 heterocycles. The van der Waals surface area contributed by atoms with Crippen molar-refractivity contribution in [2.24, 2.45) is 0 Å². The molecule has 1 N–H and O–H groups in total. The van der Waals surface area contributed by atoms with E-state index in [1.807, 2.05) is 11.8 Å². The standard InChI is InChI=1S/C17H31N3O3/c1-3-23-13-10-18-17(22)19-11-5-8-16(9-12-19)20(14(2)21)15-6-4-7-15/h15-16H,3-13H2,1-2H3,(H,18,22)/t16-/m1/s1. The fourth-order valence-electron chi connectivity index (χ4n) is 3.52. The third-order valence-electron chi connectivity index (χ3n) is 4.94. The van der Waals surface area contributed by atoms with Gasteiger partial charge in [-0.15, -0.1) is 0 Å². The Kier molecular flexibility index (Phi) is 7.15. The monoisotopic (exact) mass is 325 g/mol. The van der Waals surface area contributed by atoms with E-state index in [9.17, 15) is 9.59 Å². The molecule has 6 nitrogen and oxygen atoms in total. The number of urea groups is 1. The van der Waals surface area contributed by atoms with Gasteiger partial charge in [-0.05, 0) is 45.4 Å². The number of likely N-dealkylation sites (tertiary alicyclic amines) is 1. The van der Waals surface area contributed by atoms with Crippen LogP contribution in [0.3, 0.4) is 0 Å². The SMILES string of the molecule is CCOCCNC(=O)N1CCC[C@@H](N(C(C)=O)C2CCC2)CC1. The zero-order chi connectivity index (χ0) is 16.7. The van der Waals surface area contributed by atoms with Gasteiger partial charge in [0.2, 0.25) is 5.91 Å². The largest absolute Gasteiger partial charge is 0.380 e. The molecule has 3 amide bonds. The molecule has 0 spiro atoms. The normalized spacial score (nSPS) is 22.2. The van der Waals surface area contributed by atoms with Gasteiger partial charge < -0.3 is 19.9 Å². The predicted octanol–water partition coefficient (Wildman–Crippen LogP) is 1.99. The zero-order valence-electron chi connectivity index (χ0n) is 14.6. The molecular weight excluding hydrogens is 294 g/mol. The van der Waals surface area contributed by atoms with Crippen molar-refractivity contribution in [1.82, 2.24) is 15.1 Å². The van der Waals surface area contributed by atoms with E-state index in [1.54, 1.807) is 6.92 Å². The lowest BCUT2D eigenvalue weighted by Crippen LogP contribution is -2.49. The Bertz CT molecular complexity index is 399. The van der Waals surface area contributed by atoms with Gasteiger partial charge in [0.05, 0.1) is 6.61 Å². The summed E-state index contributed by atoms with van der Waals surface area (Å²) in [4.78, 5) is 28.2. The second-order valence-corrected chi connectivity index (χ2v) is 6.51. The molecule has 1 aliphatic heterocycles. The summed E-state index contributed by atoms with van der Waals surface area (Å²) in [5.74, 6) is 0.189. The minimum absolute atomic E-state index is 0.0108. The maximum Gasteiger partial charge on any atom is 0.317 e. The summed E-state index contributed by atoms with van der Waals surface area (Å²) >= 11 is 0. The molecule has 2 aliphatic rings. The third kappa shape index (κ3) is 5.09. The maximum atomic E-state index is 12.2. The van der Waals surface area contributed by atoms with Gasteiger partial charge in [-0.3, -0.25) is 4.79 Å². The van der Waals surface area contributed by atoms with Crippen LogP contribution in [0.25, 0.3) is 0 Å². The van der Waals surface area contributed by atoms with E-state index in [4.69, 9.17) is 4.74 Å². The van der Waals surface area contributed by atoms with E-state index in [0.717, 1.165) is 45.2 Å². The van der Waals surface area contributed by atoms with Crippen LogP contribution in [-0.4, -0.2) is 66.7 Å².